The van der Waals surface area contributed by atoms with Gasteiger partial charge in [-0.3, -0.25) is 0 Å². The maximum Gasteiger partial charge on any atom is 0.150 e. The summed E-state index contributed by atoms with van der Waals surface area (Å²) in [5.74, 6) is 0.788. The summed E-state index contributed by atoms with van der Waals surface area (Å²) in [6, 6.07) is 5.63. The van der Waals surface area contributed by atoms with Gasteiger partial charge in [0.2, 0.25) is 0 Å². The van der Waals surface area contributed by atoms with Gasteiger partial charge in [0.25, 0.3) is 0 Å². The van der Waals surface area contributed by atoms with E-state index in [0.717, 1.165) is 5.56 Å². The average Bonchev–Trinajstić information content (AvgIpc) is 2.32. The fraction of sp³-hybridized carbons (Fsp3) is 0.500. The van der Waals surface area contributed by atoms with Crippen LogP contribution in [0.4, 0.5) is 0 Å². The lowest BCUT2D eigenvalue weighted by Crippen LogP contribution is -2.37. The number of phenols is 1. The highest BCUT2D eigenvalue weighted by Crippen LogP contribution is 2.24. The summed E-state index contributed by atoms with van der Waals surface area (Å²) < 4.78 is 23.3. The van der Waals surface area contributed by atoms with Crippen LogP contribution in [0.5, 0.6) is 5.75 Å². The quantitative estimate of drug-likeness (QED) is 0.885. The Bertz CT molecular complexity index is 516. The first kappa shape index (κ1) is 13.8. The molecule has 100 valence electrons. The summed E-state index contributed by atoms with van der Waals surface area (Å²) in [5, 5.41) is 12.7. The van der Waals surface area contributed by atoms with Crippen LogP contribution >= 0.6 is 15.9 Å². The summed E-state index contributed by atoms with van der Waals surface area (Å²) in [5.41, 5.74) is 1.06. The van der Waals surface area contributed by atoms with Crippen molar-refractivity contribution >= 4 is 25.8 Å². The molecule has 2 rings (SSSR count). The molecule has 0 unspecified atom stereocenters. The van der Waals surface area contributed by atoms with Gasteiger partial charge < -0.3 is 10.4 Å². The third-order valence-corrected chi connectivity index (χ3v) is 5.51. The molecule has 0 bridgehead atoms. The number of aromatic hydroxyl groups is 1. The largest absolute Gasteiger partial charge is 0.507 e. The van der Waals surface area contributed by atoms with Crippen molar-refractivity contribution in [3.63, 3.8) is 0 Å². The van der Waals surface area contributed by atoms with Crippen LogP contribution in [0.15, 0.2) is 22.7 Å². The van der Waals surface area contributed by atoms with Gasteiger partial charge in [-0.05, 0) is 46.5 Å². The van der Waals surface area contributed by atoms with Crippen LogP contribution in [0.25, 0.3) is 0 Å². The number of nitrogens with one attached hydrogen (secondary N) is 1. The molecule has 0 spiro atoms. The first-order valence-electron chi connectivity index (χ1n) is 5.87. The number of phenolic OH excluding ortho intramolecular Hbond substituents is 1. The fourth-order valence-corrected chi connectivity index (χ4v) is 3.93. The Balaban J connectivity index is 1.87. The Morgan fingerprint density at radius 1 is 1.33 bits per heavy atom. The molecule has 1 aliphatic heterocycles. The number of hydrogen-bond donors (Lipinski definition) is 2. The van der Waals surface area contributed by atoms with E-state index >= 15 is 0 Å². The Labute approximate surface area is 115 Å². The second-order valence-corrected chi connectivity index (χ2v) is 7.75. The molecule has 0 atom stereocenters. The van der Waals surface area contributed by atoms with Gasteiger partial charge in [0.1, 0.15) is 15.6 Å². The third-order valence-electron chi connectivity index (χ3n) is 3.16. The van der Waals surface area contributed by atoms with Gasteiger partial charge in [0.05, 0.1) is 16.0 Å². The van der Waals surface area contributed by atoms with Crippen LogP contribution in [-0.2, 0) is 16.4 Å². The number of hydrogen-bond acceptors (Lipinski definition) is 4. The van der Waals surface area contributed by atoms with E-state index in [1.165, 1.54) is 0 Å². The normalized spacial score (nSPS) is 19.8. The molecule has 0 amide bonds. The number of rotatable bonds is 3. The summed E-state index contributed by atoms with van der Waals surface area (Å²) in [6.45, 7) is 0.684. The second-order valence-electron chi connectivity index (χ2n) is 4.59. The lowest BCUT2D eigenvalue weighted by atomic mass is 10.1. The predicted octanol–water partition coefficient (Wildman–Crippen LogP) is 1.82. The van der Waals surface area contributed by atoms with Gasteiger partial charge in [0, 0.05) is 12.6 Å². The molecule has 4 nitrogen and oxygen atoms in total. The van der Waals surface area contributed by atoms with Crippen LogP contribution < -0.4 is 5.32 Å². The van der Waals surface area contributed by atoms with Crippen molar-refractivity contribution in [3.8, 4) is 5.75 Å². The average molecular weight is 334 g/mol. The monoisotopic (exact) mass is 333 g/mol. The molecule has 1 heterocycles. The first-order valence-corrected chi connectivity index (χ1v) is 8.49. The molecule has 6 heteroatoms. The van der Waals surface area contributed by atoms with Crippen molar-refractivity contribution in [1.82, 2.24) is 5.32 Å². The minimum Gasteiger partial charge on any atom is -0.507 e. The maximum atomic E-state index is 11.3. The third kappa shape index (κ3) is 3.70. The van der Waals surface area contributed by atoms with Crippen LogP contribution in [-0.4, -0.2) is 31.1 Å². The number of halogens is 1. The molecule has 1 aliphatic rings. The Hall–Kier alpha value is -0.590. The van der Waals surface area contributed by atoms with E-state index in [2.05, 4.69) is 21.2 Å². The minimum atomic E-state index is -2.79. The van der Waals surface area contributed by atoms with E-state index in [-0.39, 0.29) is 23.3 Å². The van der Waals surface area contributed by atoms with E-state index in [4.69, 9.17) is 0 Å². The molecule has 1 saturated heterocycles. The van der Waals surface area contributed by atoms with Crippen molar-refractivity contribution in [1.29, 1.82) is 0 Å². The Morgan fingerprint density at radius 3 is 2.61 bits per heavy atom. The molecule has 0 radical (unpaired) electrons. The smallest absolute Gasteiger partial charge is 0.150 e. The summed E-state index contributed by atoms with van der Waals surface area (Å²) in [4.78, 5) is 0. The number of benzene rings is 1. The maximum absolute atomic E-state index is 11.3. The molecule has 0 aliphatic carbocycles. The Morgan fingerprint density at radius 2 is 2.00 bits per heavy atom. The highest BCUT2D eigenvalue weighted by Gasteiger charge is 2.22. The summed E-state index contributed by atoms with van der Waals surface area (Å²) in [6.07, 6.45) is 1.36. The van der Waals surface area contributed by atoms with Crippen LogP contribution in [0.2, 0.25) is 0 Å². The van der Waals surface area contributed by atoms with E-state index in [9.17, 15) is 13.5 Å². The van der Waals surface area contributed by atoms with E-state index in [1.54, 1.807) is 6.07 Å². The Kier molecular flexibility index (Phi) is 4.29. The standard InChI is InChI=1S/C12H16BrNO3S/c13-11-7-9(1-2-12(11)15)8-14-10-3-5-18(16,17)6-4-10/h1-2,7,10,14-15H,3-6,8H2. The molecular formula is C12H16BrNO3S. The van der Waals surface area contributed by atoms with Crippen LogP contribution in [0, 0.1) is 0 Å². The lowest BCUT2D eigenvalue weighted by molar-refractivity contribution is 0.460. The molecular weight excluding hydrogens is 318 g/mol. The highest BCUT2D eigenvalue weighted by atomic mass is 79.9. The zero-order chi connectivity index (χ0) is 13.2. The van der Waals surface area contributed by atoms with Gasteiger partial charge in [-0.15, -0.1) is 0 Å². The topological polar surface area (TPSA) is 66.4 Å². The molecule has 0 saturated carbocycles. The van der Waals surface area contributed by atoms with Gasteiger partial charge in [-0.1, -0.05) is 6.07 Å². The van der Waals surface area contributed by atoms with Crippen molar-refractivity contribution < 1.29 is 13.5 Å². The van der Waals surface area contributed by atoms with Crippen LogP contribution in [0.3, 0.4) is 0 Å². The minimum absolute atomic E-state index is 0.225. The molecule has 18 heavy (non-hydrogen) atoms. The van der Waals surface area contributed by atoms with Gasteiger partial charge in [0.15, 0.2) is 0 Å². The highest BCUT2D eigenvalue weighted by molar-refractivity contribution is 9.10. The van der Waals surface area contributed by atoms with E-state index in [1.807, 2.05) is 12.1 Å². The lowest BCUT2D eigenvalue weighted by Gasteiger charge is -2.23. The van der Waals surface area contributed by atoms with Gasteiger partial charge in [-0.2, -0.15) is 0 Å². The fourth-order valence-electron chi connectivity index (χ4n) is 2.02. The summed E-state index contributed by atoms with van der Waals surface area (Å²) >= 11 is 3.27. The molecule has 0 aromatic heterocycles. The van der Waals surface area contributed by atoms with E-state index < -0.39 is 9.84 Å². The van der Waals surface area contributed by atoms with Crippen LogP contribution in [0.1, 0.15) is 18.4 Å². The zero-order valence-corrected chi connectivity index (χ0v) is 12.3. The molecule has 2 N–H and O–H groups in total. The zero-order valence-electron chi connectivity index (χ0n) is 9.89. The first-order chi connectivity index (χ1) is 8.46. The van der Waals surface area contributed by atoms with Crippen molar-refractivity contribution in [2.45, 2.75) is 25.4 Å². The van der Waals surface area contributed by atoms with Crippen molar-refractivity contribution in [3.05, 3.63) is 28.2 Å². The summed E-state index contributed by atoms with van der Waals surface area (Å²) in [7, 11) is -2.79. The predicted molar refractivity (Wildman–Crippen MR) is 74.3 cm³/mol. The van der Waals surface area contributed by atoms with Crippen molar-refractivity contribution in [2.75, 3.05) is 11.5 Å². The molecule has 1 fully saturated rings. The van der Waals surface area contributed by atoms with Crippen molar-refractivity contribution in [2.24, 2.45) is 0 Å². The second kappa shape index (κ2) is 5.59. The number of sulfone groups is 1. The van der Waals surface area contributed by atoms with E-state index in [0.29, 0.717) is 23.9 Å². The SMILES string of the molecule is O=S1(=O)CCC(NCc2ccc(O)c(Br)c2)CC1. The van der Waals surface area contributed by atoms with Gasteiger partial charge in [-0.25, -0.2) is 8.42 Å². The molecule has 1 aromatic carbocycles. The molecule has 1 aromatic rings. The van der Waals surface area contributed by atoms with Gasteiger partial charge >= 0.3 is 0 Å².